The first-order valence-electron chi connectivity index (χ1n) is 1.63. The SMILES string of the molecule is CCC(F)(F)F.[H-].[Na+]. The summed E-state index contributed by atoms with van der Waals surface area (Å²) in [6.07, 6.45) is -4.69. The van der Waals surface area contributed by atoms with E-state index >= 15 is 0 Å². The monoisotopic (exact) mass is 122 g/mol. The van der Waals surface area contributed by atoms with Gasteiger partial charge in [0.05, 0.1) is 0 Å². The quantitative estimate of drug-likeness (QED) is 0.364. The van der Waals surface area contributed by atoms with Crippen LogP contribution in [0.2, 0.25) is 0 Å². The van der Waals surface area contributed by atoms with E-state index in [2.05, 4.69) is 0 Å². The minimum atomic E-state index is -3.96. The summed E-state index contributed by atoms with van der Waals surface area (Å²) in [7, 11) is 0. The van der Waals surface area contributed by atoms with Crippen molar-refractivity contribution in [1.82, 2.24) is 0 Å². The predicted molar refractivity (Wildman–Crippen MR) is 17.5 cm³/mol. The molecule has 0 aliphatic carbocycles. The summed E-state index contributed by atoms with van der Waals surface area (Å²) < 4.78 is 32.4. The molecule has 0 spiro atoms. The topological polar surface area (TPSA) is 0 Å². The molecule has 0 aliphatic rings. The normalized spacial score (nSPS) is 10.3. The van der Waals surface area contributed by atoms with Crippen molar-refractivity contribution in [2.45, 2.75) is 19.5 Å². The first kappa shape index (κ1) is 10.7. The third kappa shape index (κ3) is 10.8. The molecule has 0 atom stereocenters. The molecule has 0 aromatic heterocycles. The van der Waals surface area contributed by atoms with Gasteiger partial charge < -0.3 is 1.43 Å². The molecule has 0 rings (SSSR count). The summed E-state index contributed by atoms with van der Waals surface area (Å²) >= 11 is 0. The molecule has 0 radical (unpaired) electrons. The van der Waals surface area contributed by atoms with Crippen molar-refractivity contribution in [2.24, 2.45) is 0 Å². The Morgan fingerprint density at radius 2 is 1.57 bits per heavy atom. The van der Waals surface area contributed by atoms with Gasteiger partial charge in [0.25, 0.3) is 0 Å². The molecule has 0 bridgehead atoms. The Morgan fingerprint density at radius 3 is 1.57 bits per heavy atom. The molecule has 0 saturated heterocycles. The van der Waals surface area contributed by atoms with E-state index in [4.69, 9.17) is 0 Å². The van der Waals surface area contributed by atoms with Crippen molar-refractivity contribution in [3.63, 3.8) is 0 Å². The minimum absolute atomic E-state index is 0. The van der Waals surface area contributed by atoms with Gasteiger partial charge in [-0.1, -0.05) is 6.92 Å². The van der Waals surface area contributed by atoms with Gasteiger partial charge in [-0.15, -0.1) is 0 Å². The molecule has 0 aromatic rings. The Hall–Kier alpha value is 0.790. The molecule has 0 aromatic carbocycles. The fourth-order valence-electron chi connectivity index (χ4n) is 0. The van der Waals surface area contributed by atoms with E-state index in [1.807, 2.05) is 0 Å². The van der Waals surface area contributed by atoms with Crippen LogP contribution in [0.15, 0.2) is 0 Å². The van der Waals surface area contributed by atoms with E-state index in [0.29, 0.717) is 0 Å². The van der Waals surface area contributed by atoms with Crippen molar-refractivity contribution in [3.05, 3.63) is 0 Å². The Balaban J connectivity index is -0.000000125. The minimum Gasteiger partial charge on any atom is -1.00 e. The number of alkyl halides is 3. The molecule has 40 valence electrons. The van der Waals surface area contributed by atoms with E-state index in [1.54, 1.807) is 0 Å². The molecule has 0 N–H and O–H groups in total. The van der Waals surface area contributed by atoms with Gasteiger partial charge in [-0.3, -0.25) is 0 Å². The fourth-order valence-corrected chi connectivity index (χ4v) is 0. The van der Waals surface area contributed by atoms with Gasteiger partial charge in [-0.05, 0) is 0 Å². The van der Waals surface area contributed by atoms with Crippen molar-refractivity contribution in [2.75, 3.05) is 0 Å². The number of halogens is 3. The standard InChI is InChI=1S/C3H5F3.Na.H/c1-2-3(4,5)6;;/h2H2,1H3;;/q;+1;-1. The molecule has 0 saturated carbocycles. The first-order valence-corrected chi connectivity index (χ1v) is 1.63. The van der Waals surface area contributed by atoms with Crippen LogP contribution in [0, 0.1) is 0 Å². The van der Waals surface area contributed by atoms with Gasteiger partial charge in [-0.2, -0.15) is 13.2 Å². The van der Waals surface area contributed by atoms with Crippen LogP contribution < -0.4 is 29.6 Å². The van der Waals surface area contributed by atoms with E-state index < -0.39 is 12.6 Å². The maximum absolute atomic E-state index is 10.8. The summed E-state index contributed by atoms with van der Waals surface area (Å²) in [4.78, 5) is 0. The van der Waals surface area contributed by atoms with Crippen molar-refractivity contribution in [1.29, 1.82) is 0 Å². The average molecular weight is 122 g/mol. The smallest absolute Gasteiger partial charge is 1.00 e. The molecule has 0 aliphatic heterocycles. The molecule has 0 heterocycles. The second-order valence-corrected chi connectivity index (χ2v) is 0.969. The van der Waals surface area contributed by atoms with E-state index in [0.717, 1.165) is 6.92 Å². The largest absolute Gasteiger partial charge is 1.00 e. The molecule has 0 unspecified atom stereocenters. The van der Waals surface area contributed by atoms with Crippen LogP contribution in [-0.4, -0.2) is 6.18 Å². The second-order valence-electron chi connectivity index (χ2n) is 0.969. The average Bonchev–Trinajstić information content (AvgIpc) is 1.35. The zero-order chi connectivity index (χ0) is 5.21. The predicted octanol–water partition coefficient (Wildman–Crippen LogP) is -0.925. The van der Waals surface area contributed by atoms with Crippen LogP contribution in [0.25, 0.3) is 0 Å². The Bertz CT molecular complexity index is 44.3. The third-order valence-electron chi connectivity index (χ3n) is 0.401. The summed E-state index contributed by atoms with van der Waals surface area (Å²) in [6.45, 7) is 1.08. The summed E-state index contributed by atoms with van der Waals surface area (Å²) in [5.41, 5.74) is 0. The molecular formula is C3H6F3Na. The van der Waals surface area contributed by atoms with Crippen molar-refractivity contribution >= 4 is 0 Å². The van der Waals surface area contributed by atoms with E-state index in [-0.39, 0.29) is 31.0 Å². The molecule has 7 heavy (non-hydrogen) atoms. The Morgan fingerprint density at radius 1 is 1.43 bits per heavy atom. The molecule has 4 heteroatoms. The van der Waals surface area contributed by atoms with Gasteiger partial charge in [0.15, 0.2) is 0 Å². The molecule has 0 amide bonds. The second kappa shape index (κ2) is 3.75. The number of hydrogen-bond donors (Lipinski definition) is 0. The van der Waals surface area contributed by atoms with E-state index in [9.17, 15) is 13.2 Å². The van der Waals surface area contributed by atoms with Crippen LogP contribution >= 0.6 is 0 Å². The zero-order valence-electron chi connectivity index (χ0n) is 5.34. The van der Waals surface area contributed by atoms with Crippen LogP contribution in [-0.2, 0) is 0 Å². The van der Waals surface area contributed by atoms with Gasteiger partial charge in [0.1, 0.15) is 0 Å². The van der Waals surface area contributed by atoms with Gasteiger partial charge in [-0.25, -0.2) is 0 Å². The molecule has 0 fully saturated rings. The van der Waals surface area contributed by atoms with Crippen molar-refractivity contribution in [3.8, 4) is 0 Å². The maximum atomic E-state index is 10.8. The maximum Gasteiger partial charge on any atom is 1.00 e. The summed E-state index contributed by atoms with van der Waals surface area (Å²) in [6, 6.07) is 0. The van der Waals surface area contributed by atoms with Crippen LogP contribution in [0.5, 0.6) is 0 Å². The zero-order valence-corrected chi connectivity index (χ0v) is 6.34. The van der Waals surface area contributed by atoms with Gasteiger partial charge in [0, 0.05) is 6.42 Å². The number of rotatable bonds is 0. The van der Waals surface area contributed by atoms with Crippen LogP contribution in [0.1, 0.15) is 14.8 Å². The van der Waals surface area contributed by atoms with Gasteiger partial charge in [0.2, 0.25) is 0 Å². The summed E-state index contributed by atoms with van der Waals surface area (Å²) in [5.74, 6) is 0. The van der Waals surface area contributed by atoms with Gasteiger partial charge >= 0.3 is 35.7 Å². The van der Waals surface area contributed by atoms with Crippen LogP contribution in [0.4, 0.5) is 13.2 Å². The number of hydrogen-bond acceptors (Lipinski definition) is 0. The summed E-state index contributed by atoms with van der Waals surface area (Å²) in [5, 5.41) is 0. The fraction of sp³-hybridized carbons (Fsp3) is 1.00. The van der Waals surface area contributed by atoms with Crippen LogP contribution in [0.3, 0.4) is 0 Å². The Labute approximate surface area is 63.9 Å². The molecule has 0 nitrogen and oxygen atoms in total. The Kier molecular flexibility index (Phi) is 5.74. The van der Waals surface area contributed by atoms with Crippen molar-refractivity contribution < 1.29 is 44.2 Å². The molecular weight excluding hydrogens is 116 g/mol. The third-order valence-corrected chi connectivity index (χ3v) is 0.401. The first-order chi connectivity index (χ1) is 2.56. The van der Waals surface area contributed by atoms with E-state index in [1.165, 1.54) is 0 Å².